The first-order chi connectivity index (χ1) is 15.5. The van der Waals surface area contributed by atoms with Gasteiger partial charge in [0.2, 0.25) is 11.9 Å². The number of imidazole rings is 1. The van der Waals surface area contributed by atoms with E-state index >= 15 is 0 Å². The van der Waals surface area contributed by atoms with Crippen molar-refractivity contribution in [1.29, 1.82) is 0 Å². The molecule has 32 heavy (non-hydrogen) atoms. The molecule has 0 bridgehead atoms. The van der Waals surface area contributed by atoms with Crippen molar-refractivity contribution in [1.82, 2.24) is 28.7 Å². The summed E-state index contributed by atoms with van der Waals surface area (Å²) in [5, 5.41) is 0. The lowest BCUT2D eigenvalue weighted by Crippen LogP contribution is -2.48. The van der Waals surface area contributed by atoms with E-state index in [0.717, 1.165) is 23.2 Å². The number of fused-ring (bicyclic) bond motifs is 1. The van der Waals surface area contributed by atoms with Gasteiger partial charge in [-0.25, -0.2) is 14.8 Å². The van der Waals surface area contributed by atoms with Gasteiger partial charge in [-0.05, 0) is 11.6 Å². The van der Waals surface area contributed by atoms with Gasteiger partial charge in [-0.2, -0.15) is 4.98 Å². The summed E-state index contributed by atoms with van der Waals surface area (Å²) in [6.07, 6.45) is 3.48. The van der Waals surface area contributed by atoms with Crippen molar-refractivity contribution in [2.45, 2.75) is 6.54 Å². The standard InChI is InChI=1S/C22H24N8O2/c1-26-18-17(19(31)27(2)22(26)32)30(15-16-7-4-3-5-8-16)21(25-18)29-13-11-28(12-14-29)20-23-9-6-10-24-20/h3-10H,11-15H2,1-2H3. The average molecular weight is 432 g/mol. The summed E-state index contributed by atoms with van der Waals surface area (Å²) in [5.41, 5.74) is 1.17. The fourth-order valence-electron chi connectivity index (χ4n) is 4.15. The minimum absolute atomic E-state index is 0.339. The summed E-state index contributed by atoms with van der Waals surface area (Å²) in [4.78, 5) is 43.4. The van der Waals surface area contributed by atoms with E-state index < -0.39 is 0 Å². The van der Waals surface area contributed by atoms with E-state index in [-0.39, 0.29) is 11.2 Å². The first-order valence-electron chi connectivity index (χ1n) is 10.5. The average Bonchev–Trinajstić information content (AvgIpc) is 3.22. The van der Waals surface area contributed by atoms with Crippen LogP contribution in [0.2, 0.25) is 0 Å². The van der Waals surface area contributed by atoms with Crippen LogP contribution in [0.25, 0.3) is 11.2 Å². The Labute approximate surface area is 184 Å². The van der Waals surface area contributed by atoms with Crippen LogP contribution < -0.4 is 21.0 Å². The van der Waals surface area contributed by atoms with Crippen LogP contribution in [0.3, 0.4) is 0 Å². The first-order valence-corrected chi connectivity index (χ1v) is 10.5. The van der Waals surface area contributed by atoms with Gasteiger partial charge in [0, 0.05) is 52.7 Å². The smallest absolute Gasteiger partial charge is 0.332 e. The summed E-state index contributed by atoms with van der Waals surface area (Å²) in [6.45, 7) is 3.35. The molecule has 10 heteroatoms. The Morgan fingerprint density at radius 3 is 2.19 bits per heavy atom. The number of benzene rings is 1. The zero-order chi connectivity index (χ0) is 22.2. The summed E-state index contributed by atoms with van der Waals surface area (Å²) in [6, 6.07) is 11.8. The predicted octanol–water partition coefficient (Wildman–Crippen LogP) is 0.599. The molecule has 0 aliphatic carbocycles. The SMILES string of the molecule is Cn1c(=O)c2c(nc(N3CCN(c4ncccn4)CC3)n2Cc2ccccc2)n(C)c1=O. The maximum absolute atomic E-state index is 13.1. The minimum atomic E-state index is -0.385. The molecule has 0 unspecified atom stereocenters. The largest absolute Gasteiger partial charge is 0.339 e. The van der Waals surface area contributed by atoms with Crippen LogP contribution in [0, 0.1) is 0 Å². The van der Waals surface area contributed by atoms with E-state index in [1.807, 2.05) is 34.9 Å². The number of nitrogens with zero attached hydrogens (tertiary/aromatic N) is 8. The van der Waals surface area contributed by atoms with Crippen LogP contribution in [0.5, 0.6) is 0 Å². The second-order valence-corrected chi connectivity index (χ2v) is 7.88. The van der Waals surface area contributed by atoms with Gasteiger partial charge in [0.25, 0.3) is 5.56 Å². The number of aromatic nitrogens is 6. The molecular formula is C22H24N8O2. The first kappa shape index (κ1) is 20.0. The van der Waals surface area contributed by atoms with E-state index in [9.17, 15) is 9.59 Å². The number of aryl methyl sites for hydroxylation is 1. The Balaban J connectivity index is 1.57. The normalized spacial score (nSPS) is 14.3. The van der Waals surface area contributed by atoms with E-state index in [1.165, 1.54) is 11.6 Å². The molecule has 0 radical (unpaired) electrons. The number of hydrogen-bond donors (Lipinski definition) is 0. The molecule has 1 saturated heterocycles. The molecule has 0 amide bonds. The molecular weight excluding hydrogens is 408 g/mol. The highest BCUT2D eigenvalue weighted by atomic mass is 16.2. The number of hydrogen-bond acceptors (Lipinski definition) is 7. The zero-order valence-electron chi connectivity index (χ0n) is 18.0. The van der Waals surface area contributed by atoms with Gasteiger partial charge in [-0.15, -0.1) is 0 Å². The lowest BCUT2D eigenvalue weighted by atomic mass is 10.2. The fourth-order valence-corrected chi connectivity index (χ4v) is 4.15. The molecule has 1 fully saturated rings. The van der Waals surface area contributed by atoms with Gasteiger partial charge in [-0.1, -0.05) is 30.3 Å². The molecule has 10 nitrogen and oxygen atoms in total. The third-order valence-electron chi connectivity index (χ3n) is 5.91. The van der Waals surface area contributed by atoms with Crippen LogP contribution in [0.1, 0.15) is 5.56 Å². The molecule has 0 spiro atoms. The van der Waals surface area contributed by atoms with Crippen LogP contribution in [0.15, 0.2) is 58.4 Å². The number of rotatable bonds is 4. The lowest BCUT2D eigenvalue weighted by molar-refractivity contribution is 0.615. The quantitative estimate of drug-likeness (QED) is 0.466. The van der Waals surface area contributed by atoms with Crippen molar-refractivity contribution in [2.75, 3.05) is 36.0 Å². The molecule has 0 saturated carbocycles. The molecule has 3 aromatic heterocycles. The highest BCUT2D eigenvalue weighted by Crippen LogP contribution is 2.23. The van der Waals surface area contributed by atoms with E-state index in [4.69, 9.17) is 4.98 Å². The highest BCUT2D eigenvalue weighted by Gasteiger charge is 2.26. The van der Waals surface area contributed by atoms with Crippen molar-refractivity contribution in [3.63, 3.8) is 0 Å². The minimum Gasteiger partial charge on any atom is -0.339 e. The summed E-state index contributed by atoms with van der Waals surface area (Å²) in [5.74, 6) is 1.40. The molecule has 0 atom stereocenters. The third-order valence-corrected chi connectivity index (χ3v) is 5.91. The van der Waals surface area contributed by atoms with Crippen LogP contribution in [0.4, 0.5) is 11.9 Å². The van der Waals surface area contributed by atoms with Crippen molar-refractivity contribution in [2.24, 2.45) is 14.1 Å². The van der Waals surface area contributed by atoms with Crippen molar-refractivity contribution >= 4 is 23.1 Å². The lowest BCUT2D eigenvalue weighted by Gasteiger charge is -2.35. The van der Waals surface area contributed by atoms with Crippen molar-refractivity contribution in [3.05, 3.63) is 75.2 Å². The van der Waals surface area contributed by atoms with E-state index in [0.29, 0.717) is 42.7 Å². The fraction of sp³-hybridized carbons (Fsp3) is 0.318. The summed E-state index contributed by atoms with van der Waals surface area (Å²) in [7, 11) is 3.15. The van der Waals surface area contributed by atoms with Gasteiger partial charge in [0.15, 0.2) is 11.2 Å². The van der Waals surface area contributed by atoms with Gasteiger partial charge in [-0.3, -0.25) is 18.5 Å². The second kappa shape index (κ2) is 7.95. The molecule has 0 N–H and O–H groups in total. The Kier molecular flexibility index (Phi) is 4.96. The molecule has 1 aromatic carbocycles. The molecule has 4 aromatic rings. The van der Waals surface area contributed by atoms with Crippen LogP contribution >= 0.6 is 0 Å². The van der Waals surface area contributed by atoms with Crippen LogP contribution in [-0.4, -0.2) is 54.8 Å². The van der Waals surface area contributed by atoms with Crippen LogP contribution in [-0.2, 0) is 20.6 Å². The molecule has 5 rings (SSSR count). The second-order valence-electron chi connectivity index (χ2n) is 7.88. The van der Waals surface area contributed by atoms with Gasteiger partial charge >= 0.3 is 5.69 Å². The molecule has 164 valence electrons. The highest BCUT2D eigenvalue weighted by molar-refractivity contribution is 5.75. The topological polar surface area (TPSA) is 94.1 Å². The Morgan fingerprint density at radius 1 is 0.844 bits per heavy atom. The monoisotopic (exact) mass is 432 g/mol. The molecule has 1 aliphatic rings. The van der Waals surface area contributed by atoms with Gasteiger partial charge in [0.1, 0.15) is 0 Å². The molecule has 4 heterocycles. The Bertz CT molecular complexity index is 1370. The number of piperazine rings is 1. The van der Waals surface area contributed by atoms with Gasteiger partial charge < -0.3 is 9.80 Å². The van der Waals surface area contributed by atoms with Crippen molar-refractivity contribution < 1.29 is 0 Å². The Morgan fingerprint density at radius 2 is 1.50 bits per heavy atom. The van der Waals surface area contributed by atoms with E-state index in [2.05, 4.69) is 19.8 Å². The van der Waals surface area contributed by atoms with E-state index in [1.54, 1.807) is 25.5 Å². The van der Waals surface area contributed by atoms with Crippen molar-refractivity contribution in [3.8, 4) is 0 Å². The maximum Gasteiger partial charge on any atom is 0.332 e. The zero-order valence-corrected chi connectivity index (χ0v) is 18.0. The number of anilines is 2. The summed E-state index contributed by atoms with van der Waals surface area (Å²) < 4.78 is 4.51. The molecule has 1 aliphatic heterocycles. The van der Waals surface area contributed by atoms with Gasteiger partial charge in [0.05, 0.1) is 6.54 Å². The predicted molar refractivity (Wildman–Crippen MR) is 122 cm³/mol. The summed E-state index contributed by atoms with van der Waals surface area (Å²) >= 11 is 0. The maximum atomic E-state index is 13.1. The Hall–Kier alpha value is -3.95. The third kappa shape index (κ3) is 3.33.